The van der Waals surface area contributed by atoms with E-state index >= 15 is 0 Å². The molecule has 0 aliphatic carbocycles. The van der Waals surface area contributed by atoms with Crippen LogP contribution in [0.5, 0.6) is 11.5 Å². The lowest BCUT2D eigenvalue weighted by Gasteiger charge is -2.22. The fourth-order valence-corrected chi connectivity index (χ4v) is 6.52. The number of nitrogens with zero attached hydrogens (tertiary/aromatic N) is 3. The largest absolute Gasteiger partial charge is 0.454 e. The third-order valence-electron chi connectivity index (χ3n) is 5.35. The molecule has 1 saturated heterocycles. The number of benzene rings is 2. The van der Waals surface area contributed by atoms with Crippen LogP contribution in [0.15, 0.2) is 47.4 Å². The highest BCUT2D eigenvalue weighted by molar-refractivity contribution is 7.89. The number of rotatable bonds is 5. The fraction of sp³-hybridized carbons (Fsp3) is 0.286. The number of amides is 1. The third-order valence-corrected chi connectivity index (χ3v) is 8.28. The molecule has 0 radical (unpaired) electrons. The standard InChI is InChI=1S/C21H20N4O5S2/c1-13-4-2-5-15(10-13)32(27,28)25-9-3-6-16(25)20-23-24-21(31-20)19(26)22-14-7-8-17-18(11-14)30-12-29-17/h2,4-5,7-8,10-11,16H,3,6,9,12H2,1H3,(H,22,26). The van der Waals surface area contributed by atoms with Gasteiger partial charge >= 0.3 is 0 Å². The number of hydrogen-bond donors (Lipinski definition) is 1. The normalized spacial score (nSPS) is 18.1. The molecular weight excluding hydrogens is 452 g/mol. The van der Waals surface area contributed by atoms with Crippen LogP contribution in [0.25, 0.3) is 0 Å². The summed E-state index contributed by atoms with van der Waals surface area (Å²) < 4.78 is 38.5. The van der Waals surface area contributed by atoms with Gasteiger partial charge in [-0.3, -0.25) is 4.79 Å². The van der Waals surface area contributed by atoms with Crippen molar-refractivity contribution < 1.29 is 22.7 Å². The SMILES string of the molecule is Cc1cccc(S(=O)(=O)N2CCCC2c2nnc(C(=O)Nc3ccc4c(c3)OCO4)s2)c1. The van der Waals surface area contributed by atoms with Gasteiger partial charge in [0.1, 0.15) is 5.01 Å². The summed E-state index contributed by atoms with van der Waals surface area (Å²) >= 11 is 1.10. The van der Waals surface area contributed by atoms with Gasteiger partial charge in [0.15, 0.2) is 11.5 Å². The van der Waals surface area contributed by atoms with E-state index in [-0.39, 0.29) is 16.7 Å². The molecule has 11 heteroatoms. The van der Waals surface area contributed by atoms with Crippen molar-refractivity contribution in [1.82, 2.24) is 14.5 Å². The smallest absolute Gasteiger partial charge is 0.286 e. The summed E-state index contributed by atoms with van der Waals surface area (Å²) in [5.41, 5.74) is 1.42. The van der Waals surface area contributed by atoms with E-state index in [0.717, 1.165) is 16.9 Å². The maximum atomic E-state index is 13.2. The highest BCUT2D eigenvalue weighted by atomic mass is 32.2. The summed E-state index contributed by atoms with van der Waals surface area (Å²) in [6.45, 7) is 2.41. The summed E-state index contributed by atoms with van der Waals surface area (Å²) in [4.78, 5) is 12.9. The van der Waals surface area contributed by atoms with Gasteiger partial charge in [-0.25, -0.2) is 8.42 Å². The molecule has 1 N–H and O–H groups in total. The number of ether oxygens (including phenoxy) is 2. The molecule has 0 spiro atoms. The van der Waals surface area contributed by atoms with Gasteiger partial charge in [0.05, 0.1) is 10.9 Å². The summed E-state index contributed by atoms with van der Waals surface area (Å²) in [5.74, 6) is 0.764. The second kappa shape index (κ2) is 8.15. The van der Waals surface area contributed by atoms with Crippen LogP contribution < -0.4 is 14.8 Å². The Morgan fingerprint density at radius 2 is 2.00 bits per heavy atom. The quantitative estimate of drug-likeness (QED) is 0.606. The van der Waals surface area contributed by atoms with Crippen molar-refractivity contribution in [3.05, 3.63) is 58.0 Å². The van der Waals surface area contributed by atoms with Crippen molar-refractivity contribution in [3.63, 3.8) is 0 Å². The molecule has 1 atom stereocenters. The first kappa shape index (κ1) is 20.9. The van der Waals surface area contributed by atoms with E-state index in [4.69, 9.17) is 9.47 Å². The number of nitrogens with one attached hydrogen (secondary N) is 1. The Bertz CT molecular complexity index is 1290. The molecule has 0 bridgehead atoms. The number of carbonyl (C=O) groups excluding carboxylic acids is 1. The third kappa shape index (κ3) is 3.83. The molecule has 1 fully saturated rings. The van der Waals surface area contributed by atoms with Crippen LogP contribution in [0.2, 0.25) is 0 Å². The summed E-state index contributed by atoms with van der Waals surface area (Å²) in [7, 11) is -3.68. The van der Waals surface area contributed by atoms with Crippen molar-refractivity contribution in [2.45, 2.75) is 30.7 Å². The first-order chi connectivity index (χ1) is 15.4. The van der Waals surface area contributed by atoms with Gasteiger partial charge in [-0.2, -0.15) is 4.31 Å². The topological polar surface area (TPSA) is 111 Å². The minimum Gasteiger partial charge on any atom is -0.454 e. The van der Waals surface area contributed by atoms with Crippen molar-refractivity contribution in [2.24, 2.45) is 0 Å². The molecule has 2 aliphatic rings. The van der Waals surface area contributed by atoms with E-state index in [9.17, 15) is 13.2 Å². The van der Waals surface area contributed by atoms with Gasteiger partial charge < -0.3 is 14.8 Å². The second-order valence-electron chi connectivity index (χ2n) is 7.56. The number of aromatic nitrogens is 2. The van der Waals surface area contributed by atoms with Crippen molar-refractivity contribution in [2.75, 3.05) is 18.7 Å². The van der Waals surface area contributed by atoms with E-state index < -0.39 is 22.0 Å². The Hall–Kier alpha value is -3.02. The number of carbonyl (C=O) groups is 1. The van der Waals surface area contributed by atoms with Crippen LogP contribution in [-0.2, 0) is 10.0 Å². The van der Waals surface area contributed by atoms with Crippen LogP contribution in [0.3, 0.4) is 0 Å². The zero-order valence-corrected chi connectivity index (χ0v) is 18.8. The lowest BCUT2D eigenvalue weighted by molar-refractivity contribution is 0.102. The minimum absolute atomic E-state index is 0.149. The van der Waals surface area contributed by atoms with Gasteiger partial charge in [-0.1, -0.05) is 23.5 Å². The van der Waals surface area contributed by atoms with Crippen LogP contribution in [0, 0.1) is 6.92 Å². The summed E-state index contributed by atoms with van der Waals surface area (Å²) in [6, 6.07) is 11.5. The Morgan fingerprint density at radius 3 is 2.84 bits per heavy atom. The molecule has 2 aliphatic heterocycles. The number of anilines is 1. The Labute approximate surface area is 189 Å². The van der Waals surface area contributed by atoms with Crippen LogP contribution in [0.4, 0.5) is 5.69 Å². The zero-order chi connectivity index (χ0) is 22.3. The number of aryl methyl sites for hydroxylation is 1. The minimum atomic E-state index is -3.68. The molecule has 0 saturated carbocycles. The van der Waals surface area contributed by atoms with Crippen LogP contribution in [0.1, 0.15) is 39.3 Å². The first-order valence-electron chi connectivity index (χ1n) is 10.0. The average Bonchev–Trinajstić information content (AvgIpc) is 3.53. The number of fused-ring (bicyclic) bond motifs is 1. The molecule has 5 rings (SSSR count). The molecule has 3 heterocycles. The highest BCUT2D eigenvalue weighted by Crippen LogP contribution is 2.38. The van der Waals surface area contributed by atoms with Crippen LogP contribution >= 0.6 is 11.3 Å². The predicted octanol–water partition coefficient (Wildman–Crippen LogP) is 3.35. The van der Waals surface area contributed by atoms with E-state index in [1.165, 1.54) is 4.31 Å². The maximum absolute atomic E-state index is 13.2. The first-order valence-corrected chi connectivity index (χ1v) is 12.3. The van der Waals surface area contributed by atoms with Crippen molar-refractivity contribution in [3.8, 4) is 11.5 Å². The lowest BCUT2D eigenvalue weighted by atomic mass is 10.2. The van der Waals surface area contributed by atoms with Crippen molar-refractivity contribution >= 4 is 33.0 Å². The molecule has 1 unspecified atom stereocenters. The van der Waals surface area contributed by atoms with E-state index in [1.54, 1.807) is 36.4 Å². The zero-order valence-electron chi connectivity index (χ0n) is 17.1. The molecular formula is C21H20N4O5S2. The van der Waals surface area contributed by atoms with Gasteiger partial charge in [0.2, 0.25) is 21.8 Å². The Balaban J connectivity index is 1.35. The van der Waals surface area contributed by atoms with Crippen LogP contribution in [-0.4, -0.2) is 42.2 Å². The van der Waals surface area contributed by atoms with E-state index in [1.807, 2.05) is 13.0 Å². The Kier molecular flexibility index (Phi) is 5.31. The predicted molar refractivity (Wildman–Crippen MR) is 117 cm³/mol. The second-order valence-corrected chi connectivity index (χ2v) is 10.5. The summed E-state index contributed by atoms with van der Waals surface area (Å²) in [6.07, 6.45) is 1.34. The molecule has 1 aromatic heterocycles. The van der Waals surface area contributed by atoms with E-state index in [0.29, 0.717) is 41.6 Å². The van der Waals surface area contributed by atoms with E-state index in [2.05, 4.69) is 15.5 Å². The van der Waals surface area contributed by atoms with Crippen molar-refractivity contribution in [1.29, 1.82) is 0 Å². The average molecular weight is 473 g/mol. The lowest BCUT2D eigenvalue weighted by Crippen LogP contribution is -2.30. The molecule has 32 heavy (non-hydrogen) atoms. The van der Waals surface area contributed by atoms with Gasteiger partial charge in [-0.05, 0) is 49.6 Å². The monoisotopic (exact) mass is 472 g/mol. The van der Waals surface area contributed by atoms with Gasteiger partial charge in [0, 0.05) is 18.3 Å². The maximum Gasteiger partial charge on any atom is 0.286 e. The number of sulfonamides is 1. The molecule has 2 aromatic carbocycles. The molecule has 166 valence electrons. The van der Waals surface area contributed by atoms with Gasteiger partial charge in [0.25, 0.3) is 5.91 Å². The molecule has 1 amide bonds. The highest BCUT2D eigenvalue weighted by Gasteiger charge is 2.38. The summed E-state index contributed by atoms with van der Waals surface area (Å²) in [5, 5.41) is 11.6. The van der Waals surface area contributed by atoms with Gasteiger partial charge in [-0.15, -0.1) is 10.2 Å². The number of hydrogen-bond acceptors (Lipinski definition) is 8. The molecule has 3 aromatic rings. The fourth-order valence-electron chi connectivity index (χ4n) is 3.81. The Morgan fingerprint density at radius 1 is 1.16 bits per heavy atom. The molecule has 9 nitrogen and oxygen atoms in total.